The summed E-state index contributed by atoms with van der Waals surface area (Å²) < 4.78 is 5.50. The molecule has 0 aliphatic carbocycles. The first kappa shape index (κ1) is 16.0. The average Bonchev–Trinajstić information content (AvgIpc) is 2.38. The number of benzene rings is 1. The first-order valence-electron chi connectivity index (χ1n) is 6.66. The number of ether oxygens (including phenoxy) is 1. The molecule has 1 aromatic rings. The number of hydrogen-bond acceptors (Lipinski definition) is 3. The molecule has 0 heterocycles. The summed E-state index contributed by atoms with van der Waals surface area (Å²) in [5.74, 6) is -1.11. The van der Waals surface area contributed by atoms with E-state index in [4.69, 9.17) is 9.84 Å². The van der Waals surface area contributed by atoms with Crippen molar-refractivity contribution >= 4 is 11.9 Å². The Labute approximate surface area is 118 Å². The van der Waals surface area contributed by atoms with Crippen molar-refractivity contribution < 1.29 is 19.4 Å². The quantitative estimate of drug-likeness (QED) is 0.838. The van der Waals surface area contributed by atoms with Gasteiger partial charge in [-0.1, -0.05) is 13.0 Å². The normalized spacial score (nSPS) is 13.4. The monoisotopic (exact) mass is 279 g/mol. The summed E-state index contributed by atoms with van der Waals surface area (Å²) in [4.78, 5) is 23.0. The van der Waals surface area contributed by atoms with Gasteiger partial charge in [-0.2, -0.15) is 0 Å². The van der Waals surface area contributed by atoms with Crippen LogP contribution in [-0.4, -0.2) is 29.1 Å². The molecule has 0 aliphatic rings. The molecule has 1 amide bonds. The number of carboxylic acid groups (broad SMARTS) is 1. The molecule has 5 nitrogen and oxygen atoms in total. The Bertz CT molecular complexity index is 499. The molecule has 110 valence electrons. The first-order valence-corrected chi connectivity index (χ1v) is 6.66. The summed E-state index contributed by atoms with van der Waals surface area (Å²) >= 11 is 0. The van der Waals surface area contributed by atoms with Crippen molar-refractivity contribution in [2.24, 2.45) is 0 Å². The van der Waals surface area contributed by atoms with Crippen molar-refractivity contribution in [1.82, 2.24) is 5.32 Å². The van der Waals surface area contributed by atoms with Gasteiger partial charge in [-0.3, -0.25) is 4.79 Å². The fraction of sp³-hybridized carbons (Fsp3) is 0.467. The zero-order valence-electron chi connectivity index (χ0n) is 12.3. The van der Waals surface area contributed by atoms with Gasteiger partial charge in [-0.25, -0.2) is 4.79 Å². The molecular formula is C15H21NO4. The van der Waals surface area contributed by atoms with E-state index in [0.29, 0.717) is 0 Å². The molecule has 2 unspecified atom stereocenters. The summed E-state index contributed by atoms with van der Waals surface area (Å²) in [7, 11) is 0. The van der Waals surface area contributed by atoms with Crippen LogP contribution in [0.5, 0.6) is 5.75 Å². The number of carbonyl (C=O) groups is 2. The summed E-state index contributed by atoms with van der Waals surface area (Å²) in [6.45, 7) is 7.31. The van der Waals surface area contributed by atoms with Crippen molar-refractivity contribution in [3.8, 4) is 5.75 Å². The van der Waals surface area contributed by atoms with E-state index >= 15 is 0 Å². The van der Waals surface area contributed by atoms with E-state index in [9.17, 15) is 9.59 Å². The molecule has 1 aromatic carbocycles. The van der Waals surface area contributed by atoms with Crippen LogP contribution in [0.4, 0.5) is 0 Å². The minimum atomic E-state index is -1.07. The van der Waals surface area contributed by atoms with E-state index in [2.05, 4.69) is 5.32 Å². The molecule has 1 rings (SSSR count). The number of nitrogens with one attached hydrogen (secondary N) is 1. The largest absolute Gasteiger partial charge is 0.480 e. The standard InChI is InChI=1S/C15H21NO4/c1-5-10(3)16-14(17)11(4)20-13-8-9(2)6-7-12(13)15(18)19/h6-8,10-11H,5H2,1-4H3,(H,16,17)(H,18,19). The van der Waals surface area contributed by atoms with Crippen molar-refractivity contribution in [1.29, 1.82) is 0 Å². The summed E-state index contributed by atoms with van der Waals surface area (Å²) in [6, 6.07) is 4.85. The molecular weight excluding hydrogens is 258 g/mol. The average molecular weight is 279 g/mol. The van der Waals surface area contributed by atoms with E-state index in [1.54, 1.807) is 19.1 Å². The highest BCUT2D eigenvalue weighted by Crippen LogP contribution is 2.21. The Morgan fingerprint density at radius 3 is 2.55 bits per heavy atom. The number of carbonyl (C=O) groups excluding carboxylic acids is 1. The molecule has 0 fully saturated rings. The Kier molecular flexibility index (Phi) is 5.55. The minimum absolute atomic E-state index is 0.0544. The summed E-state index contributed by atoms with van der Waals surface area (Å²) in [5, 5.41) is 11.9. The maximum absolute atomic E-state index is 11.9. The number of hydrogen-bond donors (Lipinski definition) is 2. The van der Waals surface area contributed by atoms with Gasteiger partial charge in [0, 0.05) is 6.04 Å². The summed E-state index contributed by atoms with van der Waals surface area (Å²) in [6.07, 6.45) is 0.0763. The molecule has 0 saturated carbocycles. The van der Waals surface area contributed by atoms with Crippen LogP contribution in [0, 0.1) is 6.92 Å². The SMILES string of the molecule is CCC(C)NC(=O)C(C)Oc1cc(C)ccc1C(=O)O. The molecule has 0 aromatic heterocycles. The van der Waals surface area contributed by atoms with E-state index < -0.39 is 12.1 Å². The highest BCUT2D eigenvalue weighted by molar-refractivity contribution is 5.91. The molecule has 2 atom stereocenters. The Hall–Kier alpha value is -2.04. The van der Waals surface area contributed by atoms with E-state index in [1.165, 1.54) is 6.07 Å². The second kappa shape index (κ2) is 6.93. The predicted molar refractivity (Wildman–Crippen MR) is 76.1 cm³/mol. The van der Waals surface area contributed by atoms with Crippen LogP contribution < -0.4 is 10.1 Å². The molecule has 5 heteroatoms. The molecule has 0 aliphatic heterocycles. The molecule has 0 spiro atoms. The zero-order chi connectivity index (χ0) is 15.3. The lowest BCUT2D eigenvalue weighted by Gasteiger charge is -2.19. The lowest BCUT2D eigenvalue weighted by atomic mass is 10.1. The maximum atomic E-state index is 11.9. The van der Waals surface area contributed by atoms with Crippen molar-refractivity contribution in [2.75, 3.05) is 0 Å². The van der Waals surface area contributed by atoms with Gasteiger partial charge in [0.05, 0.1) is 0 Å². The third kappa shape index (κ3) is 4.26. The second-order valence-corrected chi connectivity index (χ2v) is 4.88. The van der Waals surface area contributed by atoms with Crippen LogP contribution in [0.2, 0.25) is 0 Å². The minimum Gasteiger partial charge on any atom is -0.480 e. The van der Waals surface area contributed by atoms with Gasteiger partial charge < -0.3 is 15.2 Å². The Balaban J connectivity index is 2.84. The fourth-order valence-electron chi connectivity index (χ4n) is 1.61. The zero-order valence-corrected chi connectivity index (χ0v) is 12.3. The van der Waals surface area contributed by atoms with Crippen LogP contribution in [0.25, 0.3) is 0 Å². The van der Waals surface area contributed by atoms with E-state index in [0.717, 1.165) is 12.0 Å². The fourth-order valence-corrected chi connectivity index (χ4v) is 1.61. The molecule has 0 bridgehead atoms. The predicted octanol–water partition coefficient (Wildman–Crippen LogP) is 2.38. The number of amides is 1. The van der Waals surface area contributed by atoms with Crippen LogP contribution in [-0.2, 0) is 4.79 Å². The lowest BCUT2D eigenvalue weighted by molar-refractivity contribution is -0.127. The molecule has 0 saturated heterocycles. The van der Waals surface area contributed by atoms with Gasteiger partial charge in [0.15, 0.2) is 6.10 Å². The first-order chi connectivity index (χ1) is 9.35. The maximum Gasteiger partial charge on any atom is 0.339 e. The third-order valence-corrected chi connectivity index (χ3v) is 3.04. The lowest BCUT2D eigenvalue weighted by Crippen LogP contribution is -2.41. The van der Waals surface area contributed by atoms with Gasteiger partial charge in [0.2, 0.25) is 0 Å². The third-order valence-electron chi connectivity index (χ3n) is 3.04. The molecule has 20 heavy (non-hydrogen) atoms. The van der Waals surface area contributed by atoms with E-state index in [-0.39, 0.29) is 23.3 Å². The topological polar surface area (TPSA) is 75.6 Å². The van der Waals surface area contributed by atoms with Crippen molar-refractivity contribution in [3.05, 3.63) is 29.3 Å². The number of aromatic carboxylic acids is 1. The van der Waals surface area contributed by atoms with Gasteiger partial charge in [0.25, 0.3) is 5.91 Å². The molecule has 0 radical (unpaired) electrons. The highest BCUT2D eigenvalue weighted by atomic mass is 16.5. The van der Waals surface area contributed by atoms with Crippen LogP contribution >= 0.6 is 0 Å². The summed E-state index contributed by atoms with van der Waals surface area (Å²) in [5.41, 5.74) is 0.929. The number of carboxylic acids is 1. The highest BCUT2D eigenvalue weighted by Gasteiger charge is 2.19. The van der Waals surface area contributed by atoms with Gasteiger partial charge in [-0.15, -0.1) is 0 Å². The van der Waals surface area contributed by atoms with Crippen molar-refractivity contribution in [2.45, 2.75) is 46.3 Å². The van der Waals surface area contributed by atoms with E-state index in [1.807, 2.05) is 20.8 Å². The number of rotatable bonds is 6. The van der Waals surface area contributed by atoms with Crippen LogP contribution in [0.15, 0.2) is 18.2 Å². The van der Waals surface area contributed by atoms with Crippen LogP contribution in [0.3, 0.4) is 0 Å². The van der Waals surface area contributed by atoms with Gasteiger partial charge in [-0.05, 0) is 44.9 Å². The Morgan fingerprint density at radius 1 is 1.35 bits per heavy atom. The van der Waals surface area contributed by atoms with Gasteiger partial charge >= 0.3 is 5.97 Å². The smallest absolute Gasteiger partial charge is 0.339 e. The number of aryl methyl sites for hydroxylation is 1. The van der Waals surface area contributed by atoms with Crippen LogP contribution in [0.1, 0.15) is 43.1 Å². The van der Waals surface area contributed by atoms with Crippen molar-refractivity contribution in [3.63, 3.8) is 0 Å². The molecule has 2 N–H and O–H groups in total. The second-order valence-electron chi connectivity index (χ2n) is 4.88. The Morgan fingerprint density at radius 2 is 2.00 bits per heavy atom. The van der Waals surface area contributed by atoms with Gasteiger partial charge in [0.1, 0.15) is 11.3 Å².